The van der Waals surface area contributed by atoms with E-state index in [1.165, 1.54) is 82.4 Å². The van der Waals surface area contributed by atoms with Crippen molar-refractivity contribution in [1.82, 2.24) is 9.97 Å². The zero-order valence-corrected chi connectivity index (χ0v) is 27.3. The molecule has 0 saturated carbocycles. The van der Waals surface area contributed by atoms with E-state index in [1.807, 2.05) is 24.8 Å². The number of hydrogen-bond acceptors (Lipinski definition) is 2. The molecule has 0 bridgehead atoms. The van der Waals surface area contributed by atoms with Crippen molar-refractivity contribution in [2.24, 2.45) is 5.92 Å². The lowest BCUT2D eigenvalue weighted by atomic mass is 9.74. The van der Waals surface area contributed by atoms with Gasteiger partial charge in [0.25, 0.3) is 0 Å². The molecule has 0 fully saturated rings. The van der Waals surface area contributed by atoms with Crippen molar-refractivity contribution in [2.75, 3.05) is 0 Å². The van der Waals surface area contributed by atoms with Gasteiger partial charge in [0.1, 0.15) is 0 Å². The summed E-state index contributed by atoms with van der Waals surface area (Å²) in [4.78, 5) is 8.59. The van der Waals surface area contributed by atoms with E-state index < -0.39 is 0 Å². The predicted octanol–water partition coefficient (Wildman–Crippen LogP) is 12.2. The van der Waals surface area contributed by atoms with Crippen LogP contribution in [0.4, 0.5) is 0 Å². The molecule has 6 aromatic carbocycles. The van der Waals surface area contributed by atoms with Crippen LogP contribution in [0.3, 0.4) is 0 Å². The van der Waals surface area contributed by atoms with Crippen LogP contribution in [-0.4, -0.2) is 9.97 Å². The van der Waals surface area contributed by atoms with E-state index in [0.717, 1.165) is 0 Å². The molecule has 232 valence electrons. The van der Waals surface area contributed by atoms with Gasteiger partial charge in [-0.3, -0.25) is 9.97 Å². The van der Waals surface area contributed by atoms with Gasteiger partial charge in [-0.25, -0.2) is 0 Å². The Labute approximate surface area is 286 Å². The lowest BCUT2D eigenvalue weighted by Crippen LogP contribution is -2.14. The second-order valence-corrected chi connectivity index (χ2v) is 13.1. The first kappa shape index (κ1) is 29.1. The highest BCUT2D eigenvalue weighted by Crippen LogP contribution is 2.44. The van der Waals surface area contributed by atoms with Crippen LogP contribution in [-0.2, 0) is 0 Å². The van der Waals surface area contributed by atoms with Gasteiger partial charge in [-0.15, -0.1) is 0 Å². The number of hydrogen-bond donors (Lipinski definition) is 0. The lowest BCUT2D eigenvalue weighted by molar-refractivity contribution is 0.654. The fourth-order valence-electron chi connectivity index (χ4n) is 7.74. The molecule has 2 unspecified atom stereocenters. The zero-order valence-electron chi connectivity index (χ0n) is 27.3. The Morgan fingerprint density at radius 1 is 0.408 bits per heavy atom. The molecule has 2 heteroatoms. The Morgan fingerprint density at radius 3 is 1.65 bits per heavy atom. The Balaban J connectivity index is 1.18. The molecule has 0 amide bonds. The second-order valence-electron chi connectivity index (χ2n) is 13.1. The highest BCUT2D eigenvalue weighted by Gasteiger charge is 2.26. The first-order valence-corrected chi connectivity index (χ1v) is 17.0. The molecule has 0 aliphatic heterocycles. The van der Waals surface area contributed by atoms with Gasteiger partial charge < -0.3 is 0 Å². The summed E-state index contributed by atoms with van der Waals surface area (Å²) < 4.78 is 0. The first-order chi connectivity index (χ1) is 24.2. The van der Waals surface area contributed by atoms with Gasteiger partial charge in [-0.05, 0) is 131 Å². The van der Waals surface area contributed by atoms with Gasteiger partial charge in [0.2, 0.25) is 0 Å². The maximum absolute atomic E-state index is 4.30. The van der Waals surface area contributed by atoms with E-state index in [0.29, 0.717) is 5.92 Å². The third-order valence-corrected chi connectivity index (χ3v) is 10.3. The topological polar surface area (TPSA) is 25.8 Å². The predicted molar refractivity (Wildman–Crippen MR) is 206 cm³/mol. The van der Waals surface area contributed by atoms with Crippen molar-refractivity contribution in [3.05, 3.63) is 193 Å². The fourth-order valence-corrected chi connectivity index (χ4v) is 7.74. The van der Waals surface area contributed by atoms with E-state index in [2.05, 4.69) is 169 Å². The summed E-state index contributed by atoms with van der Waals surface area (Å²) in [6.45, 7) is 2.33. The largest absolute Gasteiger partial charge is 0.265 e. The van der Waals surface area contributed by atoms with Crippen molar-refractivity contribution >= 4 is 43.5 Å². The Morgan fingerprint density at radius 2 is 0.939 bits per heavy atom. The summed E-state index contributed by atoms with van der Waals surface area (Å²) in [5.74, 6) is 0.540. The maximum atomic E-state index is 4.30. The standard InChI is InChI=1S/C47H34N2/c1-31-44(33-18-22-48-23-19-33)29-39(30-45(31)34-20-24-49-25-21-34)36-11-7-10-35(26-36)38-15-16-42-40-12-5-6-13-41(40)46-27-37(32-8-3-2-4-9-32)14-17-43(46)47(42)28-38/h2-31,44H,1H3. The van der Waals surface area contributed by atoms with E-state index >= 15 is 0 Å². The van der Waals surface area contributed by atoms with Gasteiger partial charge in [-0.2, -0.15) is 0 Å². The zero-order chi connectivity index (χ0) is 32.7. The van der Waals surface area contributed by atoms with Gasteiger partial charge >= 0.3 is 0 Å². The van der Waals surface area contributed by atoms with E-state index in [-0.39, 0.29) is 5.92 Å². The smallest absolute Gasteiger partial charge is 0.0273 e. The minimum absolute atomic E-state index is 0.232. The normalized spacial score (nSPS) is 16.1. The molecule has 0 radical (unpaired) electrons. The molecule has 2 nitrogen and oxygen atoms in total. The third-order valence-electron chi connectivity index (χ3n) is 10.3. The summed E-state index contributed by atoms with van der Waals surface area (Å²) in [5, 5.41) is 7.70. The Hall–Kier alpha value is -6.12. The first-order valence-electron chi connectivity index (χ1n) is 17.0. The molecule has 9 rings (SSSR count). The molecule has 2 aromatic heterocycles. The van der Waals surface area contributed by atoms with Crippen LogP contribution in [0.25, 0.3) is 65.7 Å². The molecular weight excluding hydrogens is 593 g/mol. The van der Waals surface area contributed by atoms with Gasteiger partial charge in [0, 0.05) is 30.7 Å². The molecule has 1 aliphatic rings. The fraction of sp³-hybridized carbons (Fsp3) is 0.0638. The number of aromatic nitrogens is 2. The molecular formula is C47H34N2. The van der Waals surface area contributed by atoms with Crippen LogP contribution in [0.1, 0.15) is 29.5 Å². The van der Waals surface area contributed by atoms with Crippen molar-refractivity contribution in [1.29, 1.82) is 0 Å². The molecule has 0 spiro atoms. The number of rotatable bonds is 5. The molecule has 2 atom stereocenters. The van der Waals surface area contributed by atoms with Crippen LogP contribution in [0.2, 0.25) is 0 Å². The van der Waals surface area contributed by atoms with E-state index in [1.54, 1.807) is 0 Å². The van der Waals surface area contributed by atoms with Crippen molar-refractivity contribution in [2.45, 2.75) is 12.8 Å². The van der Waals surface area contributed by atoms with E-state index in [4.69, 9.17) is 0 Å². The van der Waals surface area contributed by atoms with Crippen molar-refractivity contribution in [3.63, 3.8) is 0 Å². The highest BCUT2D eigenvalue weighted by atomic mass is 14.6. The summed E-state index contributed by atoms with van der Waals surface area (Å²) in [6, 6.07) is 51.0. The number of nitrogens with zero attached hydrogens (tertiary/aromatic N) is 2. The number of allylic oxidation sites excluding steroid dienone is 4. The Bertz CT molecular complexity index is 2550. The third kappa shape index (κ3) is 5.23. The average Bonchev–Trinajstić information content (AvgIpc) is 3.19. The molecule has 0 saturated heterocycles. The summed E-state index contributed by atoms with van der Waals surface area (Å²) >= 11 is 0. The van der Waals surface area contributed by atoms with Gasteiger partial charge in [0.15, 0.2) is 0 Å². The second kappa shape index (κ2) is 12.2. The average molecular weight is 627 g/mol. The number of benzene rings is 6. The molecule has 0 N–H and O–H groups in total. The lowest BCUT2D eigenvalue weighted by Gasteiger charge is -2.30. The molecule has 8 aromatic rings. The minimum Gasteiger partial charge on any atom is -0.265 e. The SMILES string of the molecule is CC1C(c2ccncc2)=CC(c2cccc(-c3ccc4c5ccccc5c5cc(-c6ccccc6)ccc5c4c3)c2)=CC1c1ccncc1. The maximum Gasteiger partial charge on any atom is 0.0273 e. The van der Waals surface area contributed by atoms with Gasteiger partial charge in [0.05, 0.1) is 0 Å². The van der Waals surface area contributed by atoms with Crippen LogP contribution in [0, 0.1) is 5.92 Å². The summed E-state index contributed by atoms with van der Waals surface area (Å²) in [7, 11) is 0. The van der Waals surface area contributed by atoms with Crippen LogP contribution < -0.4 is 0 Å². The molecule has 2 heterocycles. The number of pyridine rings is 2. The van der Waals surface area contributed by atoms with Crippen LogP contribution in [0.5, 0.6) is 0 Å². The molecule has 49 heavy (non-hydrogen) atoms. The summed E-state index contributed by atoms with van der Waals surface area (Å²) in [5.41, 5.74) is 11.2. The summed E-state index contributed by atoms with van der Waals surface area (Å²) in [6.07, 6.45) is 12.4. The van der Waals surface area contributed by atoms with Crippen LogP contribution in [0.15, 0.2) is 176 Å². The van der Waals surface area contributed by atoms with Crippen molar-refractivity contribution < 1.29 is 0 Å². The minimum atomic E-state index is 0.232. The molecule has 1 aliphatic carbocycles. The Kier molecular flexibility index (Phi) is 7.21. The monoisotopic (exact) mass is 626 g/mol. The highest BCUT2D eigenvalue weighted by molar-refractivity contribution is 6.26. The van der Waals surface area contributed by atoms with Gasteiger partial charge in [-0.1, -0.05) is 116 Å². The van der Waals surface area contributed by atoms with E-state index in [9.17, 15) is 0 Å². The van der Waals surface area contributed by atoms with Crippen LogP contribution >= 0.6 is 0 Å². The quantitative estimate of drug-likeness (QED) is 0.178. The number of fused-ring (bicyclic) bond motifs is 6. The van der Waals surface area contributed by atoms with Crippen molar-refractivity contribution in [3.8, 4) is 22.3 Å².